The molecule has 2 saturated heterocycles. The quantitative estimate of drug-likeness (QED) is 0.351. The van der Waals surface area contributed by atoms with Crippen molar-refractivity contribution in [3.8, 4) is 5.75 Å². The van der Waals surface area contributed by atoms with Crippen molar-refractivity contribution in [3.05, 3.63) is 24.3 Å². The number of aliphatic imine (C=N–C) groups is 1. The highest BCUT2D eigenvalue weighted by Gasteiger charge is 2.22. The van der Waals surface area contributed by atoms with Gasteiger partial charge >= 0.3 is 0 Å². The van der Waals surface area contributed by atoms with Crippen LogP contribution < -0.4 is 15.0 Å². The van der Waals surface area contributed by atoms with Gasteiger partial charge in [-0.3, -0.25) is 14.7 Å². The minimum atomic E-state index is 0. The van der Waals surface area contributed by atoms with Gasteiger partial charge in [0.25, 0.3) is 0 Å². The van der Waals surface area contributed by atoms with Crippen LogP contribution >= 0.6 is 24.0 Å². The van der Waals surface area contributed by atoms with E-state index in [1.54, 1.807) is 14.0 Å². The summed E-state index contributed by atoms with van der Waals surface area (Å²) >= 11 is 0. The number of nitrogens with one attached hydrogen (secondary N) is 1. The Morgan fingerprint density at radius 1 is 1.03 bits per heavy atom. The molecule has 1 aromatic rings. The molecule has 2 fully saturated rings. The van der Waals surface area contributed by atoms with E-state index in [1.807, 2.05) is 24.1 Å². The zero-order chi connectivity index (χ0) is 20.6. The Morgan fingerprint density at radius 2 is 1.67 bits per heavy atom. The van der Waals surface area contributed by atoms with Crippen LogP contribution in [0.3, 0.4) is 0 Å². The molecule has 9 heteroatoms. The molecule has 1 amide bonds. The van der Waals surface area contributed by atoms with Gasteiger partial charge in [-0.1, -0.05) is 12.1 Å². The van der Waals surface area contributed by atoms with Crippen LogP contribution in [-0.2, 0) is 4.79 Å². The summed E-state index contributed by atoms with van der Waals surface area (Å²) in [6, 6.07) is 8.19. The molecule has 30 heavy (non-hydrogen) atoms. The Labute approximate surface area is 197 Å². The van der Waals surface area contributed by atoms with Crippen molar-refractivity contribution in [2.45, 2.75) is 6.92 Å². The van der Waals surface area contributed by atoms with Crippen LogP contribution in [0.4, 0.5) is 5.69 Å². The lowest BCUT2D eigenvalue weighted by atomic mass is 10.2. The number of para-hydroxylation sites is 2. The standard InChI is InChI=1S/C21H34N6O2.HI/c1-18(28)25-12-10-24(11-13-25)9-8-23-21(22-2)27-16-14-26(15-17-27)19-6-4-5-7-20(19)29-3;/h4-7H,8-17H2,1-3H3,(H,22,23);1H. The third kappa shape index (κ3) is 6.37. The van der Waals surface area contributed by atoms with E-state index in [9.17, 15) is 4.79 Å². The highest BCUT2D eigenvalue weighted by Crippen LogP contribution is 2.28. The van der Waals surface area contributed by atoms with E-state index in [2.05, 4.69) is 37.1 Å². The number of amides is 1. The number of anilines is 1. The van der Waals surface area contributed by atoms with Gasteiger partial charge in [-0.15, -0.1) is 24.0 Å². The van der Waals surface area contributed by atoms with Crippen molar-refractivity contribution in [3.63, 3.8) is 0 Å². The zero-order valence-corrected chi connectivity index (χ0v) is 20.7. The van der Waals surface area contributed by atoms with E-state index in [0.717, 1.165) is 82.8 Å². The average Bonchev–Trinajstić information content (AvgIpc) is 2.77. The Bertz CT molecular complexity index is 700. The lowest BCUT2D eigenvalue weighted by Gasteiger charge is -2.38. The number of methoxy groups -OCH3 is 1. The van der Waals surface area contributed by atoms with E-state index < -0.39 is 0 Å². The highest BCUT2D eigenvalue weighted by atomic mass is 127. The predicted octanol–water partition coefficient (Wildman–Crippen LogP) is 1.17. The minimum absolute atomic E-state index is 0. The number of hydrogen-bond donors (Lipinski definition) is 1. The van der Waals surface area contributed by atoms with Gasteiger partial charge in [0.05, 0.1) is 12.8 Å². The molecular weight excluding hydrogens is 495 g/mol. The maximum absolute atomic E-state index is 11.4. The molecule has 0 unspecified atom stereocenters. The first-order valence-electron chi connectivity index (χ1n) is 10.4. The largest absolute Gasteiger partial charge is 0.495 e. The molecule has 0 aliphatic carbocycles. The SMILES string of the molecule is CN=C(NCCN1CCN(C(C)=O)CC1)N1CCN(c2ccccc2OC)CC1.I. The topological polar surface area (TPSA) is 63.7 Å². The van der Waals surface area contributed by atoms with Gasteiger partial charge in [-0.05, 0) is 12.1 Å². The lowest BCUT2D eigenvalue weighted by molar-refractivity contribution is -0.130. The Kier molecular flexibility index (Phi) is 9.96. The normalized spacial score (nSPS) is 18.1. The van der Waals surface area contributed by atoms with Crippen LogP contribution in [0.15, 0.2) is 29.3 Å². The smallest absolute Gasteiger partial charge is 0.219 e. The van der Waals surface area contributed by atoms with Crippen molar-refractivity contribution >= 4 is 41.5 Å². The third-order valence-electron chi connectivity index (χ3n) is 5.75. The molecule has 168 valence electrons. The monoisotopic (exact) mass is 530 g/mol. The number of benzene rings is 1. The molecule has 1 aromatic carbocycles. The summed E-state index contributed by atoms with van der Waals surface area (Å²) in [7, 11) is 3.57. The van der Waals surface area contributed by atoms with Crippen molar-refractivity contribution < 1.29 is 9.53 Å². The molecule has 2 aliphatic rings. The molecule has 1 N–H and O–H groups in total. The van der Waals surface area contributed by atoms with Crippen LogP contribution in [0.1, 0.15) is 6.92 Å². The molecule has 0 atom stereocenters. The van der Waals surface area contributed by atoms with Crippen molar-refractivity contribution in [1.29, 1.82) is 0 Å². The van der Waals surface area contributed by atoms with E-state index in [4.69, 9.17) is 4.74 Å². The van der Waals surface area contributed by atoms with Gasteiger partial charge < -0.3 is 24.8 Å². The van der Waals surface area contributed by atoms with Crippen molar-refractivity contribution in [2.75, 3.05) is 84.5 Å². The van der Waals surface area contributed by atoms with Crippen LogP contribution in [-0.4, -0.2) is 106 Å². The maximum Gasteiger partial charge on any atom is 0.219 e. The second-order valence-corrected chi connectivity index (χ2v) is 7.47. The summed E-state index contributed by atoms with van der Waals surface area (Å²) in [4.78, 5) is 24.9. The molecule has 0 spiro atoms. The summed E-state index contributed by atoms with van der Waals surface area (Å²) < 4.78 is 5.51. The maximum atomic E-state index is 11.4. The Morgan fingerprint density at radius 3 is 2.27 bits per heavy atom. The third-order valence-corrected chi connectivity index (χ3v) is 5.75. The number of hydrogen-bond acceptors (Lipinski definition) is 5. The molecule has 2 heterocycles. The number of nitrogens with zero attached hydrogens (tertiary/aromatic N) is 5. The summed E-state index contributed by atoms with van der Waals surface area (Å²) in [6.45, 7) is 10.7. The fourth-order valence-electron chi connectivity index (χ4n) is 3.99. The summed E-state index contributed by atoms with van der Waals surface area (Å²) in [5.74, 6) is 2.07. The summed E-state index contributed by atoms with van der Waals surface area (Å²) in [5, 5.41) is 3.51. The van der Waals surface area contributed by atoms with Gasteiger partial charge in [-0.2, -0.15) is 0 Å². The molecule has 0 saturated carbocycles. The molecular formula is C21H35IN6O2. The second-order valence-electron chi connectivity index (χ2n) is 7.47. The van der Waals surface area contributed by atoms with Gasteiger partial charge in [0, 0.05) is 79.4 Å². The fraction of sp³-hybridized carbons (Fsp3) is 0.619. The second kappa shape index (κ2) is 12.2. The van der Waals surface area contributed by atoms with Gasteiger partial charge in [0.1, 0.15) is 5.75 Å². The van der Waals surface area contributed by atoms with Crippen LogP contribution in [0, 0.1) is 0 Å². The number of carbonyl (C=O) groups excluding carboxylic acids is 1. The van der Waals surface area contributed by atoms with Crippen LogP contribution in [0.25, 0.3) is 0 Å². The number of halogens is 1. The number of rotatable bonds is 5. The first-order chi connectivity index (χ1) is 14.1. The molecule has 0 bridgehead atoms. The minimum Gasteiger partial charge on any atom is -0.495 e. The summed E-state index contributed by atoms with van der Waals surface area (Å²) in [6.07, 6.45) is 0. The summed E-state index contributed by atoms with van der Waals surface area (Å²) in [5.41, 5.74) is 1.15. The van der Waals surface area contributed by atoms with Crippen LogP contribution in [0.2, 0.25) is 0 Å². The molecule has 2 aliphatic heterocycles. The highest BCUT2D eigenvalue weighted by molar-refractivity contribution is 14.0. The molecule has 0 aromatic heterocycles. The Balaban J connectivity index is 0.00000320. The first kappa shape index (κ1) is 24.5. The molecule has 8 nitrogen and oxygen atoms in total. The van der Waals surface area contributed by atoms with E-state index in [0.29, 0.717) is 0 Å². The predicted molar refractivity (Wildman–Crippen MR) is 132 cm³/mol. The molecule has 3 rings (SSSR count). The van der Waals surface area contributed by atoms with Gasteiger partial charge in [-0.25, -0.2) is 0 Å². The number of guanidine groups is 1. The van der Waals surface area contributed by atoms with E-state index in [-0.39, 0.29) is 29.9 Å². The Hall–Kier alpha value is -1.75. The fourth-order valence-corrected chi connectivity index (χ4v) is 3.99. The van der Waals surface area contributed by atoms with Gasteiger partial charge in [0.15, 0.2) is 5.96 Å². The number of carbonyl (C=O) groups is 1. The van der Waals surface area contributed by atoms with E-state index >= 15 is 0 Å². The van der Waals surface area contributed by atoms with E-state index in [1.165, 1.54) is 0 Å². The van der Waals surface area contributed by atoms with Crippen molar-refractivity contribution in [1.82, 2.24) is 20.0 Å². The number of piperazine rings is 2. The van der Waals surface area contributed by atoms with Crippen molar-refractivity contribution in [2.24, 2.45) is 4.99 Å². The average molecular weight is 530 g/mol. The van der Waals surface area contributed by atoms with Gasteiger partial charge in [0.2, 0.25) is 5.91 Å². The number of ether oxygens (including phenoxy) is 1. The van der Waals surface area contributed by atoms with Crippen LogP contribution in [0.5, 0.6) is 5.75 Å². The molecule has 0 radical (unpaired) electrons. The zero-order valence-electron chi connectivity index (χ0n) is 18.3. The first-order valence-corrected chi connectivity index (χ1v) is 10.4. The lowest BCUT2D eigenvalue weighted by Crippen LogP contribution is -2.54.